The summed E-state index contributed by atoms with van der Waals surface area (Å²) < 4.78 is 11.1. The minimum absolute atomic E-state index is 0.255. The predicted octanol–water partition coefficient (Wildman–Crippen LogP) is 4.33. The standard InChI is InChI=1S/C21H18BrNO4/c1-13-19(21(25)27-3)18(11-14-6-4-7-15(22)10-14)20(24)23(13)16-8-5-9-17(12-16)26-2/h4-12H,1-3H3/b18-11-. The highest BCUT2D eigenvalue weighted by atomic mass is 79.9. The van der Waals surface area contributed by atoms with Crippen molar-refractivity contribution in [3.05, 3.63) is 75.4 Å². The number of amides is 1. The number of methoxy groups -OCH3 is 2. The number of anilines is 1. The Hall–Kier alpha value is -2.86. The molecule has 0 N–H and O–H groups in total. The van der Waals surface area contributed by atoms with Gasteiger partial charge in [0.1, 0.15) is 5.75 Å². The van der Waals surface area contributed by atoms with Gasteiger partial charge in [-0.15, -0.1) is 0 Å². The van der Waals surface area contributed by atoms with Crippen molar-refractivity contribution in [2.45, 2.75) is 6.92 Å². The monoisotopic (exact) mass is 427 g/mol. The lowest BCUT2D eigenvalue weighted by molar-refractivity contribution is -0.136. The van der Waals surface area contributed by atoms with E-state index in [4.69, 9.17) is 9.47 Å². The minimum Gasteiger partial charge on any atom is -0.497 e. The summed E-state index contributed by atoms with van der Waals surface area (Å²) in [6.45, 7) is 1.73. The third-order valence-electron chi connectivity index (χ3n) is 4.26. The summed E-state index contributed by atoms with van der Waals surface area (Å²) in [5.41, 5.74) is 2.48. The van der Waals surface area contributed by atoms with Crippen LogP contribution in [0.15, 0.2) is 69.8 Å². The van der Waals surface area contributed by atoms with E-state index in [1.54, 1.807) is 44.4 Å². The average molecular weight is 428 g/mol. The molecule has 0 aliphatic carbocycles. The normalized spacial score (nSPS) is 15.5. The number of halogens is 1. The van der Waals surface area contributed by atoms with Crippen molar-refractivity contribution in [2.24, 2.45) is 0 Å². The number of benzene rings is 2. The Balaban J connectivity index is 2.14. The predicted molar refractivity (Wildman–Crippen MR) is 107 cm³/mol. The molecular weight excluding hydrogens is 410 g/mol. The number of carbonyl (C=O) groups excluding carboxylic acids is 2. The number of hydrogen-bond donors (Lipinski definition) is 0. The van der Waals surface area contributed by atoms with E-state index in [-0.39, 0.29) is 11.5 Å². The van der Waals surface area contributed by atoms with Gasteiger partial charge in [-0.3, -0.25) is 9.69 Å². The Kier molecular flexibility index (Phi) is 5.46. The lowest BCUT2D eigenvalue weighted by Gasteiger charge is -2.18. The van der Waals surface area contributed by atoms with Gasteiger partial charge in [0, 0.05) is 16.2 Å². The molecule has 0 aromatic heterocycles. The summed E-state index contributed by atoms with van der Waals surface area (Å²) in [6, 6.07) is 14.6. The van der Waals surface area contributed by atoms with Crippen LogP contribution < -0.4 is 9.64 Å². The van der Waals surface area contributed by atoms with E-state index in [1.165, 1.54) is 12.0 Å². The largest absolute Gasteiger partial charge is 0.497 e. The van der Waals surface area contributed by atoms with Crippen LogP contribution in [0.4, 0.5) is 5.69 Å². The first kappa shape index (κ1) is 18.9. The van der Waals surface area contributed by atoms with Gasteiger partial charge in [-0.25, -0.2) is 4.79 Å². The fourth-order valence-corrected chi connectivity index (χ4v) is 3.42. The van der Waals surface area contributed by atoms with Gasteiger partial charge in [0.05, 0.1) is 31.1 Å². The number of hydrogen-bond acceptors (Lipinski definition) is 4. The van der Waals surface area contributed by atoms with Crippen LogP contribution in [0.3, 0.4) is 0 Å². The highest BCUT2D eigenvalue weighted by Gasteiger charge is 2.38. The van der Waals surface area contributed by atoms with Crippen molar-refractivity contribution in [3.63, 3.8) is 0 Å². The number of esters is 1. The maximum atomic E-state index is 13.2. The molecule has 0 atom stereocenters. The summed E-state index contributed by atoms with van der Waals surface area (Å²) in [4.78, 5) is 27.1. The van der Waals surface area contributed by atoms with Gasteiger partial charge >= 0.3 is 5.97 Å². The molecule has 0 saturated carbocycles. The van der Waals surface area contributed by atoms with Gasteiger partial charge < -0.3 is 9.47 Å². The third kappa shape index (κ3) is 3.66. The second-order valence-corrected chi connectivity index (χ2v) is 6.82. The van der Waals surface area contributed by atoms with E-state index < -0.39 is 5.97 Å². The maximum Gasteiger partial charge on any atom is 0.340 e. The van der Waals surface area contributed by atoms with Crippen LogP contribution in [-0.4, -0.2) is 26.1 Å². The molecule has 5 nitrogen and oxygen atoms in total. The summed E-state index contributed by atoms with van der Waals surface area (Å²) in [5.74, 6) is -0.217. The zero-order chi connectivity index (χ0) is 19.6. The summed E-state index contributed by atoms with van der Waals surface area (Å²) in [5, 5.41) is 0. The Morgan fingerprint density at radius 1 is 1.11 bits per heavy atom. The number of allylic oxidation sites excluding steroid dienone is 1. The average Bonchev–Trinajstić information content (AvgIpc) is 2.91. The van der Waals surface area contributed by atoms with E-state index in [0.717, 1.165) is 10.0 Å². The van der Waals surface area contributed by atoms with Gasteiger partial charge in [-0.05, 0) is 42.8 Å². The highest BCUT2D eigenvalue weighted by Crippen LogP contribution is 2.36. The Labute approximate surface area is 166 Å². The summed E-state index contributed by atoms with van der Waals surface area (Å²) in [6.07, 6.45) is 1.70. The molecule has 0 unspecified atom stereocenters. The van der Waals surface area contributed by atoms with Crippen LogP contribution in [0.2, 0.25) is 0 Å². The smallest absolute Gasteiger partial charge is 0.340 e. The highest BCUT2D eigenvalue weighted by molar-refractivity contribution is 9.10. The molecule has 0 saturated heterocycles. The maximum absolute atomic E-state index is 13.2. The number of rotatable bonds is 4. The fourth-order valence-electron chi connectivity index (χ4n) is 3.00. The molecular formula is C21H18BrNO4. The lowest BCUT2D eigenvalue weighted by Crippen LogP contribution is -2.24. The molecule has 1 amide bonds. The molecule has 1 aliphatic rings. The van der Waals surface area contributed by atoms with Crippen molar-refractivity contribution >= 4 is 39.6 Å². The van der Waals surface area contributed by atoms with Crippen molar-refractivity contribution in [2.75, 3.05) is 19.1 Å². The first-order valence-electron chi connectivity index (χ1n) is 8.21. The summed E-state index contributed by atoms with van der Waals surface area (Å²) in [7, 11) is 2.87. The van der Waals surface area contributed by atoms with Crippen molar-refractivity contribution < 1.29 is 19.1 Å². The first-order chi connectivity index (χ1) is 13.0. The molecule has 0 spiro atoms. The molecule has 2 aromatic carbocycles. The van der Waals surface area contributed by atoms with Crippen LogP contribution in [0.5, 0.6) is 5.75 Å². The van der Waals surface area contributed by atoms with Crippen LogP contribution >= 0.6 is 15.9 Å². The number of carbonyl (C=O) groups is 2. The zero-order valence-corrected chi connectivity index (χ0v) is 16.7. The van der Waals surface area contributed by atoms with Crippen LogP contribution in [-0.2, 0) is 14.3 Å². The molecule has 27 heavy (non-hydrogen) atoms. The number of ether oxygens (including phenoxy) is 2. The Bertz CT molecular complexity index is 978. The van der Waals surface area contributed by atoms with Gasteiger partial charge in [0.15, 0.2) is 0 Å². The van der Waals surface area contributed by atoms with E-state index >= 15 is 0 Å². The van der Waals surface area contributed by atoms with Gasteiger partial charge in [-0.1, -0.05) is 34.1 Å². The molecule has 1 aliphatic heterocycles. The fraction of sp³-hybridized carbons (Fsp3) is 0.143. The Morgan fingerprint density at radius 3 is 2.52 bits per heavy atom. The second-order valence-electron chi connectivity index (χ2n) is 5.91. The minimum atomic E-state index is -0.549. The van der Waals surface area contributed by atoms with Crippen LogP contribution in [0.25, 0.3) is 6.08 Å². The SMILES string of the molecule is COC(=O)C1=C(C)N(c2cccc(OC)c2)C(=O)/C1=C\c1cccc(Br)c1. The van der Waals surface area contributed by atoms with Gasteiger partial charge in [0.25, 0.3) is 5.91 Å². The quantitative estimate of drug-likeness (QED) is 0.537. The first-order valence-corrected chi connectivity index (χ1v) is 9.01. The van der Waals surface area contributed by atoms with Crippen molar-refractivity contribution in [1.82, 2.24) is 0 Å². The van der Waals surface area contributed by atoms with Crippen LogP contribution in [0.1, 0.15) is 12.5 Å². The van der Waals surface area contributed by atoms with Gasteiger partial charge in [-0.2, -0.15) is 0 Å². The molecule has 0 radical (unpaired) electrons. The van der Waals surface area contributed by atoms with Crippen molar-refractivity contribution in [1.29, 1.82) is 0 Å². The van der Waals surface area contributed by atoms with E-state index in [2.05, 4.69) is 15.9 Å². The van der Waals surface area contributed by atoms with Crippen molar-refractivity contribution in [3.8, 4) is 5.75 Å². The van der Waals surface area contributed by atoms with E-state index in [9.17, 15) is 9.59 Å². The van der Waals surface area contributed by atoms with Crippen LogP contribution in [0, 0.1) is 0 Å². The number of nitrogens with zero attached hydrogens (tertiary/aromatic N) is 1. The lowest BCUT2D eigenvalue weighted by atomic mass is 10.0. The van der Waals surface area contributed by atoms with E-state index in [1.807, 2.05) is 24.3 Å². The van der Waals surface area contributed by atoms with Gasteiger partial charge in [0.2, 0.25) is 0 Å². The Morgan fingerprint density at radius 2 is 1.85 bits per heavy atom. The molecule has 6 heteroatoms. The zero-order valence-electron chi connectivity index (χ0n) is 15.2. The molecule has 138 valence electrons. The second kappa shape index (κ2) is 7.80. The topological polar surface area (TPSA) is 55.8 Å². The molecule has 0 bridgehead atoms. The molecule has 2 aromatic rings. The molecule has 1 heterocycles. The molecule has 0 fully saturated rings. The van der Waals surface area contributed by atoms with E-state index in [0.29, 0.717) is 22.7 Å². The third-order valence-corrected chi connectivity index (χ3v) is 4.75. The summed E-state index contributed by atoms with van der Waals surface area (Å²) >= 11 is 3.42. The molecule has 3 rings (SSSR count).